The Balaban J connectivity index is 1.48. The maximum absolute atomic E-state index is 13.7. The van der Waals surface area contributed by atoms with Crippen LogP contribution in [0, 0.1) is 0 Å². The fourth-order valence-corrected chi connectivity index (χ4v) is 4.63. The number of anilines is 1. The summed E-state index contributed by atoms with van der Waals surface area (Å²) in [5.41, 5.74) is 4.25. The van der Waals surface area contributed by atoms with Gasteiger partial charge in [0.05, 0.1) is 6.04 Å². The Morgan fingerprint density at radius 2 is 1.59 bits per heavy atom. The van der Waals surface area contributed by atoms with E-state index < -0.39 is 0 Å². The first-order valence-electron chi connectivity index (χ1n) is 12.4. The van der Waals surface area contributed by atoms with Crippen molar-refractivity contribution in [1.82, 2.24) is 4.90 Å². The van der Waals surface area contributed by atoms with Crippen molar-refractivity contribution in [2.24, 2.45) is 0 Å². The highest BCUT2D eigenvalue weighted by atomic mass is 35.5. The first-order chi connectivity index (χ1) is 18.2. The predicted octanol–water partition coefficient (Wildman–Crippen LogP) is 6.36. The number of hydrogen-bond acceptors (Lipinski definition) is 4. The molecule has 4 aromatic carbocycles. The van der Waals surface area contributed by atoms with Crippen LogP contribution in [0.2, 0.25) is 5.02 Å². The molecule has 1 amide bonds. The third kappa shape index (κ3) is 6.43. The molecular formula is C31H29ClN2O3. The van der Waals surface area contributed by atoms with E-state index in [0.717, 1.165) is 28.1 Å². The fourth-order valence-electron chi connectivity index (χ4n) is 4.51. The Kier molecular flexibility index (Phi) is 7.92. The lowest BCUT2D eigenvalue weighted by molar-refractivity contribution is -0.137. The molecule has 0 aliphatic carbocycles. The molecule has 0 radical (unpaired) electrons. The van der Waals surface area contributed by atoms with Gasteiger partial charge in [-0.15, -0.1) is 0 Å². The summed E-state index contributed by atoms with van der Waals surface area (Å²) in [5.74, 6) is 1.31. The van der Waals surface area contributed by atoms with E-state index in [-0.39, 0.29) is 18.6 Å². The van der Waals surface area contributed by atoms with Crippen LogP contribution in [0.5, 0.6) is 11.5 Å². The van der Waals surface area contributed by atoms with E-state index in [0.29, 0.717) is 36.9 Å². The van der Waals surface area contributed by atoms with Crippen molar-refractivity contribution in [3.8, 4) is 11.5 Å². The van der Waals surface area contributed by atoms with Gasteiger partial charge in [0, 0.05) is 29.4 Å². The van der Waals surface area contributed by atoms with Crippen molar-refractivity contribution in [2.45, 2.75) is 25.6 Å². The highest BCUT2D eigenvalue weighted by molar-refractivity contribution is 6.30. The summed E-state index contributed by atoms with van der Waals surface area (Å²) in [6.45, 7) is 1.34. The minimum Gasteiger partial charge on any atom is -0.491 e. The molecular weight excluding hydrogens is 484 g/mol. The lowest BCUT2D eigenvalue weighted by atomic mass is 10.0. The number of para-hydroxylation sites is 2. The number of halogens is 1. The zero-order valence-corrected chi connectivity index (χ0v) is 21.2. The largest absolute Gasteiger partial charge is 0.491 e. The van der Waals surface area contributed by atoms with Crippen LogP contribution in [0.1, 0.15) is 16.7 Å². The highest BCUT2D eigenvalue weighted by Gasteiger charge is 2.27. The Bertz CT molecular complexity index is 1330. The maximum atomic E-state index is 13.7. The highest BCUT2D eigenvalue weighted by Crippen LogP contribution is 2.26. The summed E-state index contributed by atoms with van der Waals surface area (Å²) in [7, 11) is 0. The summed E-state index contributed by atoms with van der Waals surface area (Å²) in [6.07, 6.45) is 0.658. The smallest absolute Gasteiger partial charge is 0.261 e. The molecule has 37 heavy (non-hydrogen) atoms. The number of amides is 1. The van der Waals surface area contributed by atoms with Crippen LogP contribution >= 0.6 is 11.6 Å². The van der Waals surface area contributed by atoms with Gasteiger partial charge in [-0.2, -0.15) is 0 Å². The van der Waals surface area contributed by atoms with Crippen LogP contribution in [0.25, 0.3) is 0 Å². The van der Waals surface area contributed by atoms with Crippen LogP contribution in [0.15, 0.2) is 103 Å². The quantitative estimate of drug-likeness (QED) is 0.338. The molecule has 0 aromatic heterocycles. The van der Waals surface area contributed by atoms with Crippen molar-refractivity contribution in [3.63, 3.8) is 0 Å². The van der Waals surface area contributed by atoms with Crippen LogP contribution in [-0.2, 0) is 24.3 Å². The van der Waals surface area contributed by atoms with E-state index in [2.05, 4.69) is 35.6 Å². The van der Waals surface area contributed by atoms with E-state index in [4.69, 9.17) is 21.1 Å². The number of benzene rings is 4. The number of fused-ring (bicyclic) bond motifs is 2. The molecule has 5 rings (SSSR count). The second-order valence-electron chi connectivity index (χ2n) is 9.04. The van der Waals surface area contributed by atoms with Crippen molar-refractivity contribution in [3.05, 3.63) is 125 Å². The van der Waals surface area contributed by atoms with Crippen molar-refractivity contribution < 1.29 is 14.3 Å². The number of carbonyl (C=O) groups excluding carboxylic acids is 1. The van der Waals surface area contributed by atoms with Crippen LogP contribution < -0.4 is 14.8 Å². The third-order valence-electron chi connectivity index (χ3n) is 6.48. The first kappa shape index (κ1) is 24.7. The molecule has 0 saturated heterocycles. The normalized spacial score (nSPS) is 15.3. The van der Waals surface area contributed by atoms with Gasteiger partial charge in [0.25, 0.3) is 5.91 Å². The monoisotopic (exact) mass is 512 g/mol. The molecule has 1 N–H and O–H groups in total. The summed E-state index contributed by atoms with van der Waals surface area (Å²) < 4.78 is 12.2. The first-order valence-corrected chi connectivity index (χ1v) is 12.8. The molecule has 188 valence electrons. The molecule has 0 unspecified atom stereocenters. The average Bonchev–Trinajstić information content (AvgIpc) is 2.96. The van der Waals surface area contributed by atoms with Crippen molar-refractivity contribution in [1.29, 1.82) is 0 Å². The lowest BCUT2D eigenvalue weighted by Crippen LogP contribution is -2.46. The Labute approximate surface area is 222 Å². The second-order valence-corrected chi connectivity index (χ2v) is 9.47. The minimum absolute atomic E-state index is 0.0842. The van der Waals surface area contributed by atoms with Crippen LogP contribution in [0.3, 0.4) is 0 Å². The maximum Gasteiger partial charge on any atom is 0.261 e. The number of rotatable bonds is 5. The summed E-state index contributed by atoms with van der Waals surface area (Å²) in [5, 5.41) is 4.16. The molecule has 6 heteroatoms. The summed E-state index contributed by atoms with van der Waals surface area (Å²) in [4.78, 5) is 15.6. The lowest BCUT2D eigenvalue weighted by Gasteiger charge is -2.32. The third-order valence-corrected chi connectivity index (χ3v) is 6.73. The number of carbonyl (C=O) groups is 1. The average molecular weight is 513 g/mol. The molecule has 1 aliphatic rings. The van der Waals surface area contributed by atoms with Gasteiger partial charge in [-0.05, 0) is 53.9 Å². The molecule has 0 spiro atoms. The van der Waals surface area contributed by atoms with Gasteiger partial charge >= 0.3 is 0 Å². The zero-order valence-electron chi connectivity index (χ0n) is 20.5. The van der Waals surface area contributed by atoms with Crippen molar-refractivity contribution in [2.75, 3.05) is 18.5 Å². The molecule has 0 bridgehead atoms. The number of nitrogens with one attached hydrogen (secondary N) is 1. The number of ether oxygens (including phenoxy) is 2. The number of nitrogens with zero attached hydrogens (tertiary/aromatic N) is 1. The van der Waals surface area contributed by atoms with E-state index in [1.807, 2.05) is 53.4 Å². The van der Waals surface area contributed by atoms with Gasteiger partial charge in [-0.25, -0.2) is 0 Å². The van der Waals surface area contributed by atoms with E-state index in [1.165, 1.54) is 0 Å². The molecule has 1 aliphatic heterocycles. The Morgan fingerprint density at radius 3 is 2.41 bits per heavy atom. The topological polar surface area (TPSA) is 50.8 Å². The van der Waals surface area contributed by atoms with Crippen LogP contribution in [0.4, 0.5) is 5.69 Å². The molecule has 5 nitrogen and oxygen atoms in total. The Morgan fingerprint density at radius 1 is 0.892 bits per heavy atom. The number of hydrogen-bond donors (Lipinski definition) is 1. The van der Waals surface area contributed by atoms with Gasteiger partial charge < -0.3 is 19.7 Å². The van der Waals surface area contributed by atoms with Gasteiger partial charge in [0.15, 0.2) is 6.61 Å². The second kappa shape index (κ2) is 11.8. The summed E-state index contributed by atoms with van der Waals surface area (Å²) >= 11 is 6.00. The minimum atomic E-state index is -0.206. The van der Waals surface area contributed by atoms with Gasteiger partial charge in [0.1, 0.15) is 18.1 Å². The molecule has 0 saturated carbocycles. The van der Waals surface area contributed by atoms with Gasteiger partial charge in [-0.3, -0.25) is 4.79 Å². The standard InChI is InChI=1S/C31H29ClN2O3/c32-26-14-16-28(17-15-26)36-22-31(35)34-20-25-11-4-6-12-29(25)33-19-24-10-5-7-13-30(24)37-21-27(34)18-23-8-2-1-3-9-23/h1-17,27,33H,18-22H2/t27-/m0/s1. The van der Waals surface area contributed by atoms with Crippen molar-refractivity contribution >= 4 is 23.2 Å². The molecule has 1 atom stereocenters. The van der Waals surface area contributed by atoms with Gasteiger partial charge in [-0.1, -0.05) is 78.3 Å². The molecule has 1 heterocycles. The van der Waals surface area contributed by atoms with Gasteiger partial charge in [0.2, 0.25) is 0 Å². The predicted molar refractivity (Wildman–Crippen MR) is 147 cm³/mol. The van der Waals surface area contributed by atoms with E-state index >= 15 is 0 Å². The Hall–Kier alpha value is -3.96. The molecule has 4 aromatic rings. The SMILES string of the molecule is O=C(COc1ccc(Cl)cc1)N1Cc2ccccc2NCc2ccccc2OC[C@@H]1Cc1ccccc1. The zero-order chi connectivity index (χ0) is 25.5. The van der Waals surface area contributed by atoms with E-state index in [1.54, 1.807) is 24.3 Å². The summed E-state index contributed by atoms with van der Waals surface area (Å²) in [6, 6.07) is 33.2. The molecule has 0 fully saturated rings. The van der Waals surface area contributed by atoms with E-state index in [9.17, 15) is 4.79 Å². The fraction of sp³-hybridized carbons (Fsp3) is 0.194. The van der Waals surface area contributed by atoms with Crippen LogP contribution in [-0.4, -0.2) is 30.1 Å².